The Balaban J connectivity index is 2.02. The fourth-order valence-electron chi connectivity index (χ4n) is 1.28. The Morgan fingerprint density at radius 2 is 2.27 bits per heavy atom. The van der Waals surface area contributed by atoms with Crippen LogP contribution in [-0.2, 0) is 6.54 Å². The van der Waals surface area contributed by atoms with Crippen LogP contribution in [-0.4, -0.2) is 4.98 Å². The van der Waals surface area contributed by atoms with E-state index in [1.54, 1.807) is 12.3 Å². The zero-order valence-corrected chi connectivity index (χ0v) is 8.33. The Labute approximate surface area is 86.9 Å². The van der Waals surface area contributed by atoms with Gasteiger partial charge in [-0.15, -0.1) is 0 Å². The molecule has 2 rings (SSSR count). The average molecular weight is 206 g/mol. The fraction of sp³-hybridized carbons (Fsp3) is 0.182. The van der Waals surface area contributed by atoms with Crippen molar-refractivity contribution in [2.24, 2.45) is 0 Å². The van der Waals surface area contributed by atoms with Gasteiger partial charge in [-0.05, 0) is 25.1 Å². The van der Waals surface area contributed by atoms with E-state index in [1.807, 2.05) is 19.1 Å². The van der Waals surface area contributed by atoms with Crippen molar-refractivity contribution in [3.05, 3.63) is 47.9 Å². The highest BCUT2D eigenvalue weighted by atomic mass is 19.1. The normalized spacial score (nSPS) is 10.3. The molecule has 0 atom stereocenters. The molecule has 78 valence electrons. The summed E-state index contributed by atoms with van der Waals surface area (Å²) in [5, 5.41) is 2.93. The van der Waals surface area contributed by atoms with Gasteiger partial charge in [0, 0.05) is 6.20 Å². The summed E-state index contributed by atoms with van der Waals surface area (Å²) in [5.74, 6) is 1.27. The lowest BCUT2D eigenvalue weighted by atomic mass is 10.3. The van der Waals surface area contributed by atoms with E-state index in [4.69, 9.17) is 4.42 Å². The molecule has 0 unspecified atom stereocenters. The van der Waals surface area contributed by atoms with Crippen molar-refractivity contribution in [2.75, 3.05) is 5.32 Å². The topological polar surface area (TPSA) is 38.1 Å². The summed E-state index contributed by atoms with van der Waals surface area (Å²) in [6.07, 6.45) is 2.72. The first-order valence-electron chi connectivity index (χ1n) is 4.64. The summed E-state index contributed by atoms with van der Waals surface area (Å²) in [5.41, 5.74) is 0.430. The third-order valence-corrected chi connectivity index (χ3v) is 2.02. The second-order valence-corrected chi connectivity index (χ2v) is 3.22. The molecule has 0 fully saturated rings. The van der Waals surface area contributed by atoms with Crippen molar-refractivity contribution < 1.29 is 8.81 Å². The Hall–Kier alpha value is -1.84. The molecular formula is C11H11FN2O. The first kappa shape index (κ1) is 9.71. The summed E-state index contributed by atoms with van der Waals surface area (Å²) < 4.78 is 18.5. The SMILES string of the molecule is Cc1ccc(CNc2ccncc2F)o1. The summed E-state index contributed by atoms with van der Waals surface area (Å²) in [6.45, 7) is 2.34. The van der Waals surface area contributed by atoms with Crippen LogP contribution in [0.25, 0.3) is 0 Å². The first-order valence-corrected chi connectivity index (χ1v) is 4.64. The Kier molecular flexibility index (Phi) is 2.67. The van der Waals surface area contributed by atoms with Gasteiger partial charge in [-0.25, -0.2) is 4.39 Å². The van der Waals surface area contributed by atoms with Crippen LogP contribution in [0, 0.1) is 12.7 Å². The Morgan fingerprint density at radius 3 is 2.93 bits per heavy atom. The molecule has 2 aromatic rings. The number of hydrogen-bond donors (Lipinski definition) is 1. The molecule has 0 aliphatic rings. The molecule has 0 aliphatic heterocycles. The van der Waals surface area contributed by atoms with Crippen LogP contribution in [0.2, 0.25) is 0 Å². The molecule has 0 radical (unpaired) electrons. The van der Waals surface area contributed by atoms with E-state index in [1.165, 1.54) is 6.20 Å². The lowest BCUT2D eigenvalue weighted by molar-refractivity contribution is 0.490. The number of nitrogens with zero attached hydrogens (tertiary/aromatic N) is 1. The van der Waals surface area contributed by atoms with E-state index in [-0.39, 0.29) is 5.82 Å². The number of rotatable bonds is 3. The number of furan rings is 1. The predicted octanol–water partition coefficient (Wildman–Crippen LogP) is 2.73. The van der Waals surface area contributed by atoms with E-state index in [9.17, 15) is 4.39 Å². The average Bonchev–Trinajstić information content (AvgIpc) is 2.63. The molecule has 15 heavy (non-hydrogen) atoms. The molecule has 0 amide bonds. The van der Waals surface area contributed by atoms with Crippen molar-refractivity contribution >= 4 is 5.69 Å². The summed E-state index contributed by atoms with van der Waals surface area (Å²) >= 11 is 0. The van der Waals surface area contributed by atoms with Gasteiger partial charge in [-0.2, -0.15) is 0 Å². The van der Waals surface area contributed by atoms with Gasteiger partial charge in [0.05, 0.1) is 18.4 Å². The van der Waals surface area contributed by atoms with Crippen LogP contribution in [0.3, 0.4) is 0 Å². The largest absolute Gasteiger partial charge is 0.465 e. The molecule has 0 aliphatic carbocycles. The van der Waals surface area contributed by atoms with Gasteiger partial charge < -0.3 is 9.73 Å². The van der Waals surface area contributed by atoms with Gasteiger partial charge in [0.15, 0.2) is 5.82 Å². The maximum absolute atomic E-state index is 13.1. The second kappa shape index (κ2) is 4.13. The van der Waals surface area contributed by atoms with Gasteiger partial charge in [0.2, 0.25) is 0 Å². The molecule has 0 saturated heterocycles. The minimum absolute atomic E-state index is 0.360. The standard InChI is InChI=1S/C11H11FN2O/c1-8-2-3-9(15-8)6-14-11-4-5-13-7-10(11)12/h2-5,7H,6H2,1H3,(H,13,14). The van der Waals surface area contributed by atoms with E-state index in [0.717, 1.165) is 11.5 Å². The number of pyridine rings is 1. The van der Waals surface area contributed by atoms with Gasteiger partial charge >= 0.3 is 0 Å². The number of anilines is 1. The predicted molar refractivity (Wildman–Crippen MR) is 55.0 cm³/mol. The minimum atomic E-state index is -0.360. The van der Waals surface area contributed by atoms with E-state index >= 15 is 0 Å². The van der Waals surface area contributed by atoms with Crippen LogP contribution in [0.4, 0.5) is 10.1 Å². The lowest BCUT2D eigenvalue weighted by Crippen LogP contribution is -2.00. The van der Waals surface area contributed by atoms with Crippen LogP contribution in [0.5, 0.6) is 0 Å². The number of halogens is 1. The van der Waals surface area contributed by atoms with Crippen LogP contribution < -0.4 is 5.32 Å². The van der Waals surface area contributed by atoms with Crippen LogP contribution >= 0.6 is 0 Å². The van der Waals surface area contributed by atoms with Crippen LogP contribution in [0.15, 0.2) is 35.0 Å². The molecule has 0 spiro atoms. The van der Waals surface area contributed by atoms with Gasteiger partial charge in [-0.3, -0.25) is 4.98 Å². The maximum atomic E-state index is 13.1. The first-order chi connectivity index (χ1) is 7.25. The Morgan fingerprint density at radius 1 is 1.40 bits per heavy atom. The number of aryl methyl sites for hydroxylation is 1. The minimum Gasteiger partial charge on any atom is -0.465 e. The van der Waals surface area contributed by atoms with Gasteiger partial charge in [-0.1, -0.05) is 0 Å². The third kappa shape index (κ3) is 2.34. The monoisotopic (exact) mass is 206 g/mol. The number of nitrogens with one attached hydrogen (secondary N) is 1. The molecule has 2 heterocycles. The van der Waals surface area contributed by atoms with Gasteiger partial charge in [0.25, 0.3) is 0 Å². The molecule has 0 saturated carbocycles. The van der Waals surface area contributed by atoms with Crippen LogP contribution in [0.1, 0.15) is 11.5 Å². The maximum Gasteiger partial charge on any atom is 0.164 e. The third-order valence-electron chi connectivity index (χ3n) is 2.02. The van der Waals surface area contributed by atoms with E-state index < -0.39 is 0 Å². The highest BCUT2D eigenvalue weighted by Crippen LogP contribution is 2.13. The van der Waals surface area contributed by atoms with E-state index in [0.29, 0.717) is 12.2 Å². The van der Waals surface area contributed by atoms with Crippen molar-refractivity contribution in [1.29, 1.82) is 0 Å². The van der Waals surface area contributed by atoms with Crippen molar-refractivity contribution in [3.8, 4) is 0 Å². The summed E-state index contributed by atoms with van der Waals surface area (Å²) in [6, 6.07) is 5.33. The zero-order chi connectivity index (χ0) is 10.7. The van der Waals surface area contributed by atoms with Crippen molar-refractivity contribution in [2.45, 2.75) is 13.5 Å². The van der Waals surface area contributed by atoms with Crippen molar-refractivity contribution in [3.63, 3.8) is 0 Å². The lowest BCUT2D eigenvalue weighted by Gasteiger charge is -2.04. The molecule has 3 nitrogen and oxygen atoms in total. The second-order valence-electron chi connectivity index (χ2n) is 3.22. The molecule has 1 N–H and O–H groups in total. The molecule has 2 aromatic heterocycles. The molecule has 0 aromatic carbocycles. The Bertz CT molecular complexity index is 453. The smallest absolute Gasteiger partial charge is 0.164 e. The fourth-order valence-corrected chi connectivity index (χ4v) is 1.28. The number of hydrogen-bond acceptors (Lipinski definition) is 3. The number of aromatic nitrogens is 1. The van der Waals surface area contributed by atoms with E-state index in [2.05, 4.69) is 10.3 Å². The molecule has 0 bridgehead atoms. The van der Waals surface area contributed by atoms with Crippen molar-refractivity contribution in [1.82, 2.24) is 4.98 Å². The molecule has 4 heteroatoms. The zero-order valence-electron chi connectivity index (χ0n) is 8.33. The quantitative estimate of drug-likeness (QED) is 0.839. The highest BCUT2D eigenvalue weighted by molar-refractivity contribution is 5.42. The summed E-state index contributed by atoms with van der Waals surface area (Å²) in [4.78, 5) is 3.67. The summed E-state index contributed by atoms with van der Waals surface area (Å²) in [7, 11) is 0. The van der Waals surface area contributed by atoms with Gasteiger partial charge in [0.1, 0.15) is 11.5 Å². The molecular weight excluding hydrogens is 195 g/mol. The highest BCUT2D eigenvalue weighted by Gasteiger charge is 2.02.